The summed E-state index contributed by atoms with van der Waals surface area (Å²) in [7, 11) is 0. The smallest absolute Gasteiger partial charge is 0.123 e. The van der Waals surface area contributed by atoms with Gasteiger partial charge in [0.1, 0.15) is 11.9 Å². The molecule has 0 amide bonds. The van der Waals surface area contributed by atoms with Crippen LogP contribution in [0, 0.1) is 6.92 Å². The van der Waals surface area contributed by atoms with Crippen molar-refractivity contribution in [1.82, 2.24) is 15.0 Å². The molecule has 1 aromatic carbocycles. The van der Waals surface area contributed by atoms with Crippen LogP contribution in [-0.4, -0.2) is 27.0 Å². The Morgan fingerprint density at radius 2 is 2.35 bits per heavy atom. The van der Waals surface area contributed by atoms with E-state index in [2.05, 4.69) is 35.4 Å². The summed E-state index contributed by atoms with van der Waals surface area (Å²) < 4.78 is 7.81. The van der Waals surface area contributed by atoms with E-state index in [0.29, 0.717) is 5.88 Å². The van der Waals surface area contributed by atoms with E-state index in [4.69, 9.17) is 16.3 Å². The Kier molecular flexibility index (Phi) is 3.92. The number of fused-ring (bicyclic) bond motifs is 1. The molecule has 0 saturated heterocycles. The highest BCUT2D eigenvalue weighted by Crippen LogP contribution is 2.29. The van der Waals surface area contributed by atoms with Crippen molar-refractivity contribution in [2.75, 3.05) is 5.88 Å². The van der Waals surface area contributed by atoms with Gasteiger partial charge in [-0.2, -0.15) is 0 Å². The second kappa shape index (κ2) is 5.83. The predicted molar refractivity (Wildman–Crippen MR) is 78.4 cm³/mol. The van der Waals surface area contributed by atoms with E-state index in [9.17, 15) is 0 Å². The summed E-state index contributed by atoms with van der Waals surface area (Å²) >= 11 is 5.69. The number of benzene rings is 1. The lowest BCUT2D eigenvalue weighted by Crippen LogP contribution is -2.21. The Hall–Kier alpha value is -1.55. The average molecular weight is 292 g/mol. The first-order valence-corrected chi connectivity index (χ1v) is 7.49. The molecule has 0 aliphatic carbocycles. The molecule has 0 fully saturated rings. The number of hydrogen-bond acceptors (Lipinski definition) is 3. The van der Waals surface area contributed by atoms with Crippen LogP contribution >= 0.6 is 11.6 Å². The molecule has 0 spiro atoms. The normalized spacial score (nSPS) is 17.0. The highest BCUT2D eigenvalue weighted by Gasteiger charge is 2.23. The van der Waals surface area contributed by atoms with E-state index in [1.165, 1.54) is 11.1 Å². The van der Waals surface area contributed by atoms with Gasteiger partial charge < -0.3 is 4.74 Å². The number of hydrogen-bond donors (Lipinski definition) is 0. The van der Waals surface area contributed by atoms with E-state index in [0.717, 1.165) is 37.3 Å². The second-order valence-electron chi connectivity index (χ2n) is 5.28. The van der Waals surface area contributed by atoms with Gasteiger partial charge in [-0.25, -0.2) is 4.68 Å². The molecule has 4 nitrogen and oxygen atoms in total. The fourth-order valence-electron chi connectivity index (χ4n) is 2.55. The number of ether oxygens (including phenoxy) is 1. The van der Waals surface area contributed by atoms with Crippen LogP contribution in [0.3, 0.4) is 0 Å². The highest BCUT2D eigenvalue weighted by molar-refractivity contribution is 6.17. The summed E-state index contributed by atoms with van der Waals surface area (Å²) in [5, 5.41) is 8.31. The van der Waals surface area contributed by atoms with Gasteiger partial charge in [0.15, 0.2) is 0 Å². The van der Waals surface area contributed by atoms with Crippen LogP contribution in [-0.2, 0) is 19.4 Å². The fraction of sp³-hybridized carbons (Fsp3) is 0.467. The Morgan fingerprint density at radius 1 is 1.45 bits per heavy atom. The van der Waals surface area contributed by atoms with Gasteiger partial charge in [0, 0.05) is 18.5 Å². The van der Waals surface area contributed by atoms with Crippen molar-refractivity contribution in [2.24, 2.45) is 0 Å². The molecule has 1 aliphatic rings. The van der Waals surface area contributed by atoms with Crippen LogP contribution in [0.4, 0.5) is 0 Å². The van der Waals surface area contributed by atoms with Gasteiger partial charge in [-0.15, -0.1) is 16.7 Å². The summed E-state index contributed by atoms with van der Waals surface area (Å²) in [6.07, 6.45) is 4.89. The Balaban J connectivity index is 1.61. The highest BCUT2D eigenvalue weighted by atomic mass is 35.5. The lowest BCUT2D eigenvalue weighted by molar-refractivity contribution is 0.202. The van der Waals surface area contributed by atoms with Crippen molar-refractivity contribution in [3.8, 4) is 5.75 Å². The molecule has 1 atom stereocenters. The van der Waals surface area contributed by atoms with E-state index in [1.807, 2.05) is 10.9 Å². The van der Waals surface area contributed by atoms with Crippen molar-refractivity contribution < 1.29 is 4.74 Å². The van der Waals surface area contributed by atoms with Crippen LogP contribution < -0.4 is 4.74 Å². The summed E-state index contributed by atoms with van der Waals surface area (Å²) in [6, 6.07) is 6.33. The van der Waals surface area contributed by atoms with Crippen LogP contribution in [0.5, 0.6) is 5.75 Å². The fourth-order valence-corrected chi connectivity index (χ4v) is 2.68. The summed E-state index contributed by atoms with van der Waals surface area (Å²) in [5.74, 6) is 1.66. The molecule has 0 saturated carbocycles. The SMILES string of the molecule is Cc1ccc2c(c1)CC(Cn1cc(CCCCl)nn1)O2. The Bertz CT molecular complexity index is 597. The number of rotatable bonds is 5. The van der Waals surface area contributed by atoms with E-state index >= 15 is 0 Å². The molecular formula is C15H18ClN3O. The molecule has 1 aromatic heterocycles. The molecule has 5 heteroatoms. The Morgan fingerprint density at radius 3 is 3.20 bits per heavy atom. The van der Waals surface area contributed by atoms with Gasteiger partial charge in [0.25, 0.3) is 0 Å². The first-order chi connectivity index (χ1) is 9.74. The number of aryl methyl sites for hydroxylation is 2. The van der Waals surface area contributed by atoms with Crippen molar-refractivity contribution >= 4 is 11.6 Å². The van der Waals surface area contributed by atoms with Gasteiger partial charge in [-0.05, 0) is 31.4 Å². The minimum atomic E-state index is 0.148. The monoisotopic (exact) mass is 291 g/mol. The molecule has 0 N–H and O–H groups in total. The lowest BCUT2D eigenvalue weighted by atomic mass is 10.1. The van der Waals surface area contributed by atoms with Crippen molar-refractivity contribution in [2.45, 2.75) is 38.8 Å². The third-order valence-electron chi connectivity index (χ3n) is 3.50. The lowest BCUT2D eigenvalue weighted by Gasteiger charge is -2.09. The van der Waals surface area contributed by atoms with Crippen LogP contribution in [0.15, 0.2) is 24.4 Å². The average Bonchev–Trinajstić information content (AvgIpc) is 3.02. The molecule has 0 radical (unpaired) electrons. The molecule has 0 bridgehead atoms. The number of nitrogens with zero attached hydrogens (tertiary/aromatic N) is 3. The molecule has 1 unspecified atom stereocenters. The number of halogens is 1. The van der Waals surface area contributed by atoms with Crippen molar-refractivity contribution in [1.29, 1.82) is 0 Å². The molecule has 3 rings (SSSR count). The maximum Gasteiger partial charge on any atom is 0.123 e. The number of alkyl halides is 1. The van der Waals surface area contributed by atoms with Gasteiger partial charge in [0.05, 0.1) is 12.2 Å². The van der Waals surface area contributed by atoms with Crippen molar-refractivity contribution in [3.63, 3.8) is 0 Å². The predicted octanol–water partition coefficient (Wildman–Crippen LogP) is 2.76. The van der Waals surface area contributed by atoms with E-state index < -0.39 is 0 Å². The van der Waals surface area contributed by atoms with Gasteiger partial charge in [-0.1, -0.05) is 22.9 Å². The van der Waals surface area contributed by atoms with Gasteiger partial charge in [-0.3, -0.25) is 0 Å². The first-order valence-electron chi connectivity index (χ1n) is 6.96. The van der Waals surface area contributed by atoms with Crippen molar-refractivity contribution in [3.05, 3.63) is 41.2 Å². The topological polar surface area (TPSA) is 39.9 Å². The van der Waals surface area contributed by atoms with E-state index in [1.54, 1.807) is 0 Å². The summed E-state index contributed by atoms with van der Waals surface area (Å²) in [4.78, 5) is 0. The zero-order valence-electron chi connectivity index (χ0n) is 11.6. The Labute approximate surface area is 123 Å². The first kappa shape index (κ1) is 13.4. The molecule has 20 heavy (non-hydrogen) atoms. The van der Waals surface area contributed by atoms with E-state index in [-0.39, 0.29) is 6.10 Å². The zero-order chi connectivity index (χ0) is 13.9. The molecule has 1 aliphatic heterocycles. The molecular weight excluding hydrogens is 274 g/mol. The minimum absolute atomic E-state index is 0.148. The third kappa shape index (κ3) is 2.96. The van der Waals surface area contributed by atoms with Gasteiger partial charge in [0.2, 0.25) is 0 Å². The molecule has 2 heterocycles. The maximum absolute atomic E-state index is 5.95. The van der Waals surface area contributed by atoms with Gasteiger partial charge >= 0.3 is 0 Å². The molecule has 2 aromatic rings. The number of aromatic nitrogens is 3. The largest absolute Gasteiger partial charge is 0.488 e. The summed E-state index contributed by atoms with van der Waals surface area (Å²) in [6.45, 7) is 2.84. The quantitative estimate of drug-likeness (QED) is 0.795. The van der Waals surface area contributed by atoms with Crippen LogP contribution in [0.25, 0.3) is 0 Å². The maximum atomic E-state index is 5.95. The molecule has 106 valence electrons. The third-order valence-corrected chi connectivity index (χ3v) is 3.77. The standard InChI is InChI=1S/C15H18ClN3O/c1-11-4-5-15-12(7-11)8-14(20-15)10-19-9-13(17-18-19)3-2-6-16/h4-5,7,9,14H,2-3,6,8,10H2,1H3. The van der Waals surface area contributed by atoms with Crippen LogP contribution in [0.1, 0.15) is 23.2 Å². The summed E-state index contributed by atoms with van der Waals surface area (Å²) in [5.41, 5.74) is 3.56. The van der Waals surface area contributed by atoms with Crippen LogP contribution in [0.2, 0.25) is 0 Å². The minimum Gasteiger partial charge on any atom is -0.488 e. The zero-order valence-corrected chi connectivity index (χ0v) is 12.3. The second-order valence-corrected chi connectivity index (χ2v) is 5.66.